The monoisotopic (exact) mass is 268 g/mol. The van der Waals surface area contributed by atoms with Gasteiger partial charge in [-0.05, 0) is 13.3 Å². The van der Waals surface area contributed by atoms with Crippen molar-refractivity contribution in [3.8, 4) is 0 Å². The van der Waals surface area contributed by atoms with Crippen LogP contribution in [0.15, 0.2) is 0 Å². The van der Waals surface area contributed by atoms with Crippen LogP contribution < -0.4 is 15.1 Å². The first-order valence-corrected chi connectivity index (χ1v) is 6.50. The smallest absolute Gasteiger partial charge is 0.232 e. The van der Waals surface area contributed by atoms with Gasteiger partial charge in [-0.1, -0.05) is 6.92 Å². The SMILES string of the molecule is CCCNc1nc(N(C)C)nc(N(C)C(C)CO)n1. The number of rotatable bonds is 7. The molecule has 7 nitrogen and oxygen atoms in total. The molecule has 2 N–H and O–H groups in total. The fourth-order valence-corrected chi connectivity index (χ4v) is 1.35. The molecule has 1 rings (SSSR count). The Morgan fingerprint density at radius 3 is 2.32 bits per heavy atom. The van der Waals surface area contributed by atoms with Crippen molar-refractivity contribution in [3.63, 3.8) is 0 Å². The summed E-state index contributed by atoms with van der Waals surface area (Å²) >= 11 is 0. The standard InChI is InChI=1S/C12H24N6O/c1-6-7-13-10-14-11(17(3)4)16-12(15-10)18(5)9(2)8-19/h9,19H,6-8H2,1-5H3,(H,13,14,15,16). The molecule has 1 aromatic heterocycles. The van der Waals surface area contributed by atoms with Crippen LogP contribution in [0, 0.1) is 0 Å². The predicted molar refractivity (Wildman–Crippen MR) is 77.9 cm³/mol. The Kier molecular flexibility index (Phi) is 5.75. The molecule has 108 valence electrons. The minimum absolute atomic E-state index is 0.0450. The molecule has 0 aromatic carbocycles. The highest BCUT2D eigenvalue weighted by Gasteiger charge is 2.15. The minimum Gasteiger partial charge on any atom is -0.394 e. The van der Waals surface area contributed by atoms with Gasteiger partial charge in [0.15, 0.2) is 0 Å². The summed E-state index contributed by atoms with van der Waals surface area (Å²) in [5.74, 6) is 1.71. The van der Waals surface area contributed by atoms with Crippen LogP contribution >= 0.6 is 0 Å². The second-order valence-electron chi connectivity index (χ2n) is 4.72. The van der Waals surface area contributed by atoms with Gasteiger partial charge in [-0.3, -0.25) is 0 Å². The van der Waals surface area contributed by atoms with Crippen molar-refractivity contribution in [2.75, 3.05) is 49.4 Å². The van der Waals surface area contributed by atoms with E-state index in [1.54, 1.807) is 0 Å². The van der Waals surface area contributed by atoms with E-state index in [1.165, 1.54) is 0 Å². The highest BCUT2D eigenvalue weighted by Crippen LogP contribution is 2.15. The molecule has 1 atom stereocenters. The van der Waals surface area contributed by atoms with Gasteiger partial charge < -0.3 is 20.2 Å². The topological polar surface area (TPSA) is 77.4 Å². The van der Waals surface area contributed by atoms with Crippen LogP contribution in [0.4, 0.5) is 17.8 Å². The Morgan fingerprint density at radius 2 is 1.79 bits per heavy atom. The number of aromatic nitrogens is 3. The largest absolute Gasteiger partial charge is 0.394 e. The van der Waals surface area contributed by atoms with Gasteiger partial charge in [-0.25, -0.2) is 0 Å². The second kappa shape index (κ2) is 7.08. The Labute approximate surface area is 114 Å². The molecule has 0 fully saturated rings. The highest BCUT2D eigenvalue weighted by molar-refractivity contribution is 5.44. The maximum atomic E-state index is 9.22. The molecule has 0 aliphatic carbocycles. The van der Waals surface area contributed by atoms with Gasteiger partial charge in [0.25, 0.3) is 0 Å². The number of likely N-dealkylation sites (N-methyl/N-ethyl adjacent to an activating group) is 1. The number of hydrogen-bond acceptors (Lipinski definition) is 7. The maximum absolute atomic E-state index is 9.22. The van der Waals surface area contributed by atoms with E-state index in [2.05, 4.69) is 27.2 Å². The molecular formula is C12H24N6O. The molecule has 7 heteroatoms. The van der Waals surface area contributed by atoms with Gasteiger partial charge in [-0.2, -0.15) is 15.0 Å². The normalized spacial score (nSPS) is 12.1. The lowest BCUT2D eigenvalue weighted by Crippen LogP contribution is -2.34. The average molecular weight is 268 g/mol. The van der Waals surface area contributed by atoms with Gasteiger partial charge in [0.2, 0.25) is 17.8 Å². The van der Waals surface area contributed by atoms with Gasteiger partial charge in [0.1, 0.15) is 0 Å². The van der Waals surface area contributed by atoms with Crippen molar-refractivity contribution in [3.05, 3.63) is 0 Å². The van der Waals surface area contributed by atoms with Crippen LogP contribution in [-0.2, 0) is 0 Å². The lowest BCUT2D eigenvalue weighted by molar-refractivity contribution is 0.269. The van der Waals surface area contributed by atoms with E-state index < -0.39 is 0 Å². The number of aliphatic hydroxyl groups is 1. The van der Waals surface area contributed by atoms with E-state index in [0.717, 1.165) is 13.0 Å². The number of hydrogen-bond donors (Lipinski definition) is 2. The van der Waals surface area contributed by atoms with Gasteiger partial charge in [0.05, 0.1) is 12.6 Å². The van der Waals surface area contributed by atoms with Gasteiger partial charge >= 0.3 is 0 Å². The number of nitrogens with zero attached hydrogens (tertiary/aromatic N) is 5. The molecule has 0 aliphatic rings. The first kappa shape index (κ1) is 15.4. The van der Waals surface area contributed by atoms with E-state index >= 15 is 0 Å². The molecular weight excluding hydrogens is 244 g/mol. The molecule has 0 spiro atoms. The third-order valence-corrected chi connectivity index (χ3v) is 2.79. The molecule has 0 radical (unpaired) electrons. The first-order chi connectivity index (χ1) is 8.99. The maximum Gasteiger partial charge on any atom is 0.232 e. The Balaban J connectivity index is 3.05. The third kappa shape index (κ3) is 4.20. The predicted octanol–water partition coefficient (Wildman–Crippen LogP) is 0.576. The highest BCUT2D eigenvalue weighted by atomic mass is 16.3. The molecule has 0 saturated heterocycles. The quantitative estimate of drug-likeness (QED) is 0.749. The van der Waals surface area contributed by atoms with Crippen LogP contribution in [0.2, 0.25) is 0 Å². The Morgan fingerprint density at radius 1 is 1.16 bits per heavy atom. The van der Waals surface area contributed by atoms with Crippen LogP contribution in [-0.4, -0.2) is 60.4 Å². The zero-order chi connectivity index (χ0) is 14.4. The minimum atomic E-state index is -0.0450. The van der Waals surface area contributed by atoms with E-state index in [-0.39, 0.29) is 12.6 Å². The zero-order valence-electron chi connectivity index (χ0n) is 12.4. The summed E-state index contributed by atoms with van der Waals surface area (Å²) in [7, 11) is 5.63. The summed E-state index contributed by atoms with van der Waals surface area (Å²) in [6.45, 7) is 4.87. The summed E-state index contributed by atoms with van der Waals surface area (Å²) in [5.41, 5.74) is 0. The molecule has 0 aliphatic heterocycles. The van der Waals surface area contributed by atoms with Gasteiger partial charge in [0, 0.05) is 27.7 Å². The van der Waals surface area contributed by atoms with E-state index in [0.29, 0.717) is 17.8 Å². The molecule has 0 bridgehead atoms. The van der Waals surface area contributed by atoms with Crippen LogP contribution in [0.5, 0.6) is 0 Å². The molecule has 1 aromatic rings. The summed E-state index contributed by atoms with van der Waals surface area (Å²) in [4.78, 5) is 16.8. The van der Waals surface area contributed by atoms with Crippen LogP contribution in [0.25, 0.3) is 0 Å². The van der Waals surface area contributed by atoms with Crippen molar-refractivity contribution in [2.45, 2.75) is 26.3 Å². The summed E-state index contributed by atoms with van der Waals surface area (Å²) < 4.78 is 0. The lowest BCUT2D eigenvalue weighted by Gasteiger charge is -2.24. The summed E-state index contributed by atoms with van der Waals surface area (Å²) in [5, 5.41) is 12.4. The fraction of sp³-hybridized carbons (Fsp3) is 0.750. The third-order valence-electron chi connectivity index (χ3n) is 2.79. The van der Waals surface area contributed by atoms with Crippen LogP contribution in [0.3, 0.4) is 0 Å². The Hall–Kier alpha value is -1.63. The lowest BCUT2D eigenvalue weighted by atomic mass is 10.3. The van der Waals surface area contributed by atoms with Crippen molar-refractivity contribution in [1.29, 1.82) is 0 Å². The molecule has 1 unspecified atom stereocenters. The van der Waals surface area contributed by atoms with E-state index in [9.17, 15) is 5.11 Å². The van der Waals surface area contributed by atoms with Crippen molar-refractivity contribution >= 4 is 17.8 Å². The fourth-order valence-electron chi connectivity index (χ4n) is 1.35. The van der Waals surface area contributed by atoms with Gasteiger partial charge in [-0.15, -0.1) is 0 Å². The Bertz CT molecular complexity index is 398. The average Bonchev–Trinajstić information content (AvgIpc) is 2.42. The molecule has 0 amide bonds. The second-order valence-corrected chi connectivity index (χ2v) is 4.72. The van der Waals surface area contributed by atoms with E-state index in [1.807, 2.05) is 37.9 Å². The number of nitrogens with one attached hydrogen (secondary N) is 1. The summed E-state index contributed by atoms with van der Waals surface area (Å²) in [6, 6.07) is -0.0450. The van der Waals surface area contributed by atoms with Crippen molar-refractivity contribution in [1.82, 2.24) is 15.0 Å². The zero-order valence-corrected chi connectivity index (χ0v) is 12.4. The van der Waals surface area contributed by atoms with Crippen LogP contribution in [0.1, 0.15) is 20.3 Å². The van der Waals surface area contributed by atoms with Crippen molar-refractivity contribution in [2.24, 2.45) is 0 Å². The molecule has 0 saturated carbocycles. The van der Waals surface area contributed by atoms with Crippen molar-refractivity contribution < 1.29 is 5.11 Å². The first-order valence-electron chi connectivity index (χ1n) is 6.50. The molecule has 19 heavy (non-hydrogen) atoms. The van der Waals surface area contributed by atoms with E-state index in [4.69, 9.17) is 0 Å². The number of anilines is 3. The summed E-state index contributed by atoms with van der Waals surface area (Å²) in [6.07, 6.45) is 1.00. The number of aliphatic hydroxyl groups excluding tert-OH is 1. The molecule has 1 heterocycles.